The van der Waals surface area contributed by atoms with Gasteiger partial charge in [0.1, 0.15) is 11.5 Å². The quantitative estimate of drug-likeness (QED) is 0.830. The topological polar surface area (TPSA) is 77.1 Å². The van der Waals surface area contributed by atoms with Gasteiger partial charge in [-0.15, -0.1) is 5.10 Å². The van der Waals surface area contributed by atoms with Crippen molar-refractivity contribution in [2.45, 2.75) is 33.5 Å². The second-order valence-corrected chi connectivity index (χ2v) is 4.90. The Morgan fingerprint density at radius 3 is 2.82 bits per heavy atom. The normalized spacial score (nSPS) is 11.0. The summed E-state index contributed by atoms with van der Waals surface area (Å²) in [4.78, 5) is 11.9. The Labute approximate surface area is 127 Å². The van der Waals surface area contributed by atoms with Crippen LogP contribution in [0.3, 0.4) is 0 Å². The van der Waals surface area contributed by atoms with Gasteiger partial charge in [0.15, 0.2) is 5.69 Å². The average Bonchev–Trinajstić information content (AvgIpc) is 2.94. The highest BCUT2D eigenvalue weighted by Crippen LogP contribution is 2.26. The maximum Gasteiger partial charge on any atom is 0.361 e. The molecular formula is C15H18FN3O3. The third-order valence-corrected chi connectivity index (χ3v) is 2.91. The average molecular weight is 307 g/mol. The molecule has 0 unspecified atom stereocenters. The van der Waals surface area contributed by atoms with Crippen molar-refractivity contribution in [1.29, 1.82) is 0 Å². The van der Waals surface area contributed by atoms with Crippen LogP contribution in [0, 0.1) is 5.82 Å². The summed E-state index contributed by atoms with van der Waals surface area (Å²) in [7, 11) is 0. The molecule has 0 aliphatic rings. The number of nitrogens with zero attached hydrogens (tertiary/aromatic N) is 2. The van der Waals surface area contributed by atoms with Crippen LogP contribution >= 0.6 is 0 Å². The number of aromatic nitrogens is 3. The summed E-state index contributed by atoms with van der Waals surface area (Å²) in [5.74, 6) is -0.960. The Bertz CT molecular complexity index is 655. The van der Waals surface area contributed by atoms with Crippen LogP contribution in [0.25, 0.3) is 11.3 Å². The minimum atomic E-state index is -0.577. The molecule has 0 aliphatic carbocycles. The number of aromatic amines is 1. The summed E-state index contributed by atoms with van der Waals surface area (Å²) in [5.41, 5.74) is 1.56. The Balaban J connectivity index is 2.40. The lowest BCUT2D eigenvalue weighted by Gasteiger charge is -2.11. The Kier molecular flexibility index (Phi) is 5.21. The van der Waals surface area contributed by atoms with Crippen molar-refractivity contribution < 1.29 is 18.7 Å². The molecule has 0 spiro atoms. The molecular weight excluding hydrogens is 289 g/mol. The van der Waals surface area contributed by atoms with Gasteiger partial charge in [-0.1, -0.05) is 0 Å². The first-order valence-electron chi connectivity index (χ1n) is 7.01. The molecule has 0 saturated heterocycles. The van der Waals surface area contributed by atoms with E-state index >= 15 is 0 Å². The minimum absolute atomic E-state index is 0.00190. The Morgan fingerprint density at radius 1 is 1.36 bits per heavy atom. The van der Waals surface area contributed by atoms with Crippen molar-refractivity contribution in [3.05, 3.63) is 35.3 Å². The van der Waals surface area contributed by atoms with Crippen molar-refractivity contribution in [1.82, 2.24) is 15.4 Å². The van der Waals surface area contributed by atoms with E-state index < -0.39 is 5.97 Å². The molecule has 0 radical (unpaired) electrons. The first-order chi connectivity index (χ1) is 10.5. The SMILES string of the molecule is CCOC(=O)c1n[nH]nc1-c1ccc(F)cc1COC(C)C. The van der Waals surface area contributed by atoms with Crippen molar-refractivity contribution in [2.75, 3.05) is 6.61 Å². The van der Waals surface area contributed by atoms with Gasteiger partial charge in [0, 0.05) is 5.56 Å². The smallest absolute Gasteiger partial charge is 0.361 e. The summed E-state index contributed by atoms with van der Waals surface area (Å²) in [6, 6.07) is 4.22. The Hall–Kier alpha value is -2.28. The minimum Gasteiger partial charge on any atom is -0.461 e. The van der Waals surface area contributed by atoms with E-state index in [2.05, 4.69) is 15.4 Å². The van der Waals surface area contributed by atoms with Gasteiger partial charge >= 0.3 is 5.97 Å². The molecule has 0 saturated carbocycles. The van der Waals surface area contributed by atoms with Gasteiger partial charge in [0.2, 0.25) is 0 Å². The fourth-order valence-corrected chi connectivity index (χ4v) is 1.93. The lowest BCUT2D eigenvalue weighted by Crippen LogP contribution is -2.08. The van der Waals surface area contributed by atoms with Gasteiger partial charge in [-0.25, -0.2) is 9.18 Å². The highest BCUT2D eigenvalue weighted by Gasteiger charge is 2.21. The number of H-pyrrole nitrogens is 1. The van der Waals surface area contributed by atoms with Gasteiger partial charge < -0.3 is 9.47 Å². The zero-order valence-electron chi connectivity index (χ0n) is 12.7. The van der Waals surface area contributed by atoms with E-state index in [1.807, 2.05) is 13.8 Å². The van der Waals surface area contributed by atoms with Crippen molar-refractivity contribution in [3.8, 4) is 11.3 Å². The summed E-state index contributed by atoms with van der Waals surface area (Å²) >= 11 is 0. The maximum absolute atomic E-state index is 13.5. The summed E-state index contributed by atoms with van der Waals surface area (Å²) in [6.45, 7) is 5.92. The summed E-state index contributed by atoms with van der Waals surface area (Å²) in [5, 5.41) is 10.2. The molecule has 1 N–H and O–H groups in total. The van der Waals surface area contributed by atoms with Crippen LogP contribution < -0.4 is 0 Å². The van der Waals surface area contributed by atoms with E-state index in [-0.39, 0.29) is 30.8 Å². The molecule has 0 aliphatic heterocycles. The number of carbonyl (C=O) groups excluding carboxylic acids is 1. The van der Waals surface area contributed by atoms with Crippen LogP contribution in [0.5, 0.6) is 0 Å². The van der Waals surface area contributed by atoms with Crippen LogP contribution in [0.2, 0.25) is 0 Å². The van der Waals surface area contributed by atoms with Gasteiger partial charge in [0.25, 0.3) is 0 Å². The van der Waals surface area contributed by atoms with Gasteiger partial charge in [0.05, 0.1) is 19.3 Å². The maximum atomic E-state index is 13.5. The second-order valence-electron chi connectivity index (χ2n) is 4.90. The number of hydrogen-bond acceptors (Lipinski definition) is 5. The van der Waals surface area contributed by atoms with E-state index in [4.69, 9.17) is 9.47 Å². The number of nitrogens with one attached hydrogen (secondary N) is 1. The van der Waals surface area contributed by atoms with Crippen LogP contribution in [-0.2, 0) is 16.1 Å². The summed E-state index contributed by atoms with van der Waals surface area (Å²) < 4.78 is 24.0. The lowest BCUT2D eigenvalue weighted by molar-refractivity contribution is 0.0520. The molecule has 2 rings (SSSR count). The molecule has 22 heavy (non-hydrogen) atoms. The number of halogens is 1. The molecule has 118 valence electrons. The van der Waals surface area contributed by atoms with Crippen LogP contribution in [-0.4, -0.2) is 34.1 Å². The number of carbonyl (C=O) groups is 1. The molecule has 1 aromatic heterocycles. The first-order valence-corrected chi connectivity index (χ1v) is 7.01. The van der Waals surface area contributed by atoms with E-state index in [1.165, 1.54) is 12.1 Å². The third-order valence-electron chi connectivity index (χ3n) is 2.91. The van der Waals surface area contributed by atoms with Gasteiger partial charge in [-0.2, -0.15) is 10.3 Å². The highest BCUT2D eigenvalue weighted by atomic mass is 19.1. The van der Waals surface area contributed by atoms with Crippen LogP contribution in [0.15, 0.2) is 18.2 Å². The summed E-state index contributed by atoms with van der Waals surface area (Å²) in [6.07, 6.45) is -0.00190. The predicted molar refractivity (Wildman–Crippen MR) is 77.7 cm³/mol. The van der Waals surface area contributed by atoms with Gasteiger partial charge in [-0.3, -0.25) is 0 Å². The molecule has 7 heteroatoms. The molecule has 0 bridgehead atoms. The van der Waals surface area contributed by atoms with Crippen molar-refractivity contribution in [3.63, 3.8) is 0 Å². The zero-order valence-corrected chi connectivity index (χ0v) is 12.7. The van der Waals surface area contributed by atoms with Crippen molar-refractivity contribution in [2.24, 2.45) is 0 Å². The van der Waals surface area contributed by atoms with E-state index in [0.717, 1.165) is 0 Å². The van der Waals surface area contributed by atoms with E-state index in [9.17, 15) is 9.18 Å². The Morgan fingerprint density at radius 2 is 2.14 bits per heavy atom. The molecule has 0 amide bonds. The van der Waals surface area contributed by atoms with E-state index in [0.29, 0.717) is 16.8 Å². The number of benzene rings is 1. The lowest BCUT2D eigenvalue weighted by atomic mass is 10.0. The van der Waals surface area contributed by atoms with E-state index in [1.54, 1.807) is 13.0 Å². The highest BCUT2D eigenvalue weighted by molar-refractivity contribution is 5.94. The molecule has 1 heterocycles. The fourth-order valence-electron chi connectivity index (χ4n) is 1.93. The molecule has 6 nitrogen and oxygen atoms in total. The first kappa shape index (κ1) is 16.1. The third kappa shape index (κ3) is 3.67. The standard InChI is InChI=1S/C15H18FN3O3/c1-4-21-15(20)14-13(17-19-18-14)12-6-5-11(16)7-10(12)8-22-9(2)3/h5-7,9H,4,8H2,1-3H3,(H,17,18,19). The molecule has 2 aromatic rings. The zero-order chi connectivity index (χ0) is 16.1. The number of ether oxygens (including phenoxy) is 2. The van der Waals surface area contributed by atoms with Crippen molar-refractivity contribution >= 4 is 5.97 Å². The number of hydrogen-bond donors (Lipinski definition) is 1. The largest absolute Gasteiger partial charge is 0.461 e. The second kappa shape index (κ2) is 7.13. The fraction of sp³-hybridized carbons (Fsp3) is 0.400. The number of esters is 1. The van der Waals surface area contributed by atoms with Gasteiger partial charge in [-0.05, 0) is 44.5 Å². The molecule has 1 aromatic carbocycles. The number of rotatable bonds is 6. The predicted octanol–water partition coefficient (Wildman–Crippen LogP) is 2.71. The monoisotopic (exact) mass is 307 g/mol. The van der Waals surface area contributed by atoms with Crippen LogP contribution in [0.1, 0.15) is 36.8 Å². The molecule has 0 atom stereocenters. The molecule has 0 fully saturated rings. The van der Waals surface area contributed by atoms with Crippen LogP contribution in [0.4, 0.5) is 4.39 Å².